The van der Waals surface area contributed by atoms with Crippen molar-refractivity contribution >= 4 is 61.2 Å². The summed E-state index contributed by atoms with van der Waals surface area (Å²) in [6.45, 7) is 7.59. The quantitative estimate of drug-likeness (QED) is 0.0979. The van der Waals surface area contributed by atoms with Crippen molar-refractivity contribution in [2.45, 2.75) is 52.9 Å². The number of pyridine rings is 4. The van der Waals surface area contributed by atoms with Crippen LogP contribution in [-0.4, -0.2) is 51.7 Å². The van der Waals surface area contributed by atoms with E-state index in [9.17, 15) is 40.7 Å². The molecule has 6 heterocycles. The molecule has 8 aromatic rings. The lowest BCUT2D eigenvalue weighted by Crippen LogP contribution is -2.15. The maximum Gasteiger partial charge on any atom is 0.433 e. The van der Waals surface area contributed by atoms with Crippen molar-refractivity contribution in [1.82, 2.24) is 39.9 Å². The zero-order valence-electron chi connectivity index (χ0n) is 35.2. The van der Waals surface area contributed by atoms with Crippen LogP contribution >= 0.6 is 15.9 Å². The molecule has 0 aliphatic heterocycles. The predicted octanol–water partition coefficient (Wildman–Crippen LogP) is 10.5. The number of halogens is 7. The van der Waals surface area contributed by atoms with Gasteiger partial charge >= 0.3 is 12.4 Å². The summed E-state index contributed by atoms with van der Waals surface area (Å²) in [5.74, 6) is -0.101. The summed E-state index contributed by atoms with van der Waals surface area (Å²) in [7, 11) is 0. The van der Waals surface area contributed by atoms with Crippen molar-refractivity contribution in [2.75, 3.05) is 10.6 Å². The van der Waals surface area contributed by atoms with Crippen molar-refractivity contribution < 1.29 is 35.9 Å². The Bertz CT molecular complexity index is 3230. The fourth-order valence-electron chi connectivity index (χ4n) is 6.58. The lowest BCUT2D eigenvalue weighted by molar-refractivity contribution is -0.142. The van der Waals surface area contributed by atoms with Crippen molar-refractivity contribution in [3.8, 4) is 22.3 Å². The largest absolute Gasteiger partial charge is 0.433 e. The molecule has 0 saturated carbocycles. The van der Waals surface area contributed by atoms with Gasteiger partial charge in [0.1, 0.15) is 33.3 Å². The smallest absolute Gasteiger partial charge is 0.322 e. The molecule has 3 N–H and O–H groups in total. The van der Waals surface area contributed by atoms with Gasteiger partial charge in [0.15, 0.2) is 5.65 Å². The minimum atomic E-state index is -4.66. The Balaban J connectivity index is 0.000000196. The number of rotatable bonds is 8. The molecule has 8 rings (SSSR count). The normalized spacial score (nSPS) is 11.6. The van der Waals surface area contributed by atoms with Gasteiger partial charge in [-0.15, -0.1) is 0 Å². The number of carbonyl (C=O) groups is 2. The van der Waals surface area contributed by atoms with Crippen LogP contribution in [0.15, 0.2) is 107 Å². The molecule has 0 aliphatic carbocycles. The van der Waals surface area contributed by atoms with E-state index in [4.69, 9.17) is 0 Å². The van der Waals surface area contributed by atoms with Crippen molar-refractivity contribution in [3.63, 3.8) is 0 Å². The lowest BCUT2D eigenvalue weighted by Gasteiger charge is -2.13. The maximum absolute atomic E-state index is 12.9. The Morgan fingerprint density at radius 2 is 1.09 bits per heavy atom. The summed E-state index contributed by atoms with van der Waals surface area (Å²) in [4.78, 5) is 69.0. The van der Waals surface area contributed by atoms with E-state index in [0.29, 0.717) is 74.3 Å². The maximum atomic E-state index is 12.9. The van der Waals surface area contributed by atoms with Gasteiger partial charge in [-0.25, -0.2) is 24.9 Å². The van der Waals surface area contributed by atoms with Crippen LogP contribution in [0.1, 0.15) is 68.7 Å². The van der Waals surface area contributed by atoms with Gasteiger partial charge in [-0.3, -0.25) is 24.4 Å². The fourth-order valence-corrected chi connectivity index (χ4v) is 7.07. The number of benzene rings is 2. The fraction of sp³-hybridized carbons (Fsp3) is 0.174. The molecule has 336 valence electrons. The number of H-pyrrole nitrogens is 1. The molecule has 0 radical (unpaired) electrons. The summed E-state index contributed by atoms with van der Waals surface area (Å²) in [5, 5.41) is 6.63. The predicted molar refractivity (Wildman–Crippen MR) is 239 cm³/mol. The number of carbonyl (C=O) groups excluding carboxylic acids is 2. The Morgan fingerprint density at radius 1 is 0.606 bits per heavy atom. The molecular weight excluding hydrogens is 934 g/mol. The van der Waals surface area contributed by atoms with E-state index in [2.05, 4.69) is 66.4 Å². The topological polar surface area (TPSA) is 181 Å². The highest BCUT2D eigenvalue weighted by molar-refractivity contribution is 9.10. The Kier molecular flexibility index (Phi) is 13.3. The van der Waals surface area contributed by atoms with E-state index in [1.165, 1.54) is 12.1 Å². The second-order valence-electron chi connectivity index (χ2n) is 14.7. The summed E-state index contributed by atoms with van der Waals surface area (Å²) >= 11 is 3.50. The van der Waals surface area contributed by atoms with Crippen LogP contribution in [-0.2, 0) is 25.2 Å². The molecule has 66 heavy (non-hydrogen) atoms. The van der Waals surface area contributed by atoms with Gasteiger partial charge in [0.2, 0.25) is 0 Å². The van der Waals surface area contributed by atoms with E-state index in [1.54, 1.807) is 55.7 Å². The molecule has 0 spiro atoms. The number of aromatic amines is 1. The summed E-state index contributed by atoms with van der Waals surface area (Å²) in [6, 6.07) is 17.5. The first kappa shape index (κ1) is 46.5. The SMILES string of the molecule is CCc1ncc2cc(-c3cc(NC(=O)c4ccnc(C(F)(F)F)c4)ccc3C)c(=O)[nH]c2n1.CCc1ncc2cc(-c3cc(NC(=O)c4ccnc(C(F)(F)F)c4)ccc3C)c(Br)nc2n1. The third-order valence-electron chi connectivity index (χ3n) is 10.0. The highest BCUT2D eigenvalue weighted by Crippen LogP contribution is 2.35. The van der Waals surface area contributed by atoms with Gasteiger partial charge < -0.3 is 15.6 Å². The number of hydrogen-bond acceptors (Lipinski definition) is 10. The third-order valence-corrected chi connectivity index (χ3v) is 10.6. The van der Waals surface area contributed by atoms with E-state index >= 15 is 0 Å². The Morgan fingerprint density at radius 3 is 1.61 bits per heavy atom. The van der Waals surface area contributed by atoms with Crippen molar-refractivity contribution in [1.29, 1.82) is 0 Å². The molecule has 0 atom stereocenters. The van der Waals surface area contributed by atoms with E-state index in [0.717, 1.165) is 46.1 Å². The number of aryl methyl sites for hydroxylation is 4. The van der Waals surface area contributed by atoms with Gasteiger partial charge in [-0.2, -0.15) is 26.3 Å². The van der Waals surface area contributed by atoms with E-state index < -0.39 is 35.6 Å². The average Bonchev–Trinajstić information content (AvgIpc) is 3.29. The van der Waals surface area contributed by atoms with Gasteiger partial charge in [0, 0.05) is 82.0 Å². The Hall–Kier alpha value is -7.48. The molecule has 0 unspecified atom stereocenters. The third kappa shape index (κ3) is 10.5. The van der Waals surface area contributed by atoms with Crippen molar-refractivity contribution in [2.24, 2.45) is 0 Å². The summed E-state index contributed by atoms with van der Waals surface area (Å²) in [5.41, 5.74) is 2.93. The first-order chi connectivity index (χ1) is 31.3. The molecule has 0 aliphatic rings. The summed E-state index contributed by atoms with van der Waals surface area (Å²) in [6.07, 6.45) is -2.74. The van der Waals surface area contributed by atoms with Crippen LogP contribution in [0.5, 0.6) is 0 Å². The first-order valence-electron chi connectivity index (χ1n) is 19.9. The van der Waals surface area contributed by atoms with Crippen LogP contribution < -0.4 is 16.2 Å². The zero-order chi connectivity index (χ0) is 47.5. The minimum Gasteiger partial charge on any atom is -0.322 e. The number of nitrogens with one attached hydrogen (secondary N) is 3. The molecule has 0 bridgehead atoms. The standard InChI is InChI=1S/C23H17BrF3N5O.C23H18F3N5O2/c1-3-19-29-11-14-8-17(20(24)32-21(14)31-19)16-10-15(5-4-12(16)2)30-22(33)13-6-7-28-18(9-13)23(25,26)27;1-3-19-28-11-14-8-17(22(33)31-20(14)30-19)16-10-15(5-4-12(16)2)29-21(32)13-6-7-27-18(9-13)23(24,25)26/h4-11H,3H2,1-2H3,(H,30,33);4-11H,3H2,1-2H3,(H,29,32)(H,28,30,31,33). The van der Waals surface area contributed by atoms with Gasteiger partial charge in [0.05, 0.1) is 0 Å². The van der Waals surface area contributed by atoms with Gasteiger partial charge in [0.25, 0.3) is 17.4 Å². The molecule has 13 nitrogen and oxygen atoms in total. The number of alkyl halides is 6. The second kappa shape index (κ2) is 18.9. The number of amides is 2. The zero-order valence-corrected chi connectivity index (χ0v) is 36.7. The Labute approximate surface area is 379 Å². The van der Waals surface area contributed by atoms with Crippen LogP contribution in [0.3, 0.4) is 0 Å². The number of hydrogen-bond donors (Lipinski definition) is 3. The molecule has 6 aromatic heterocycles. The number of anilines is 2. The van der Waals surface area contributed by atoms with Crippen LogP contribution in [0.2, 0.25) is 0 Å². The molecule has 2 amide bonds. The average molecular weight is 970 g/mol. The first-order valence-corrected chi connectivity index (χ1v) is 20.7. The molecule has 2 aromatic carbocycles. The molecule has 0 fully saturated rings. The molecular formula is C46H35BrF6N10O3. The second-order valence-corrected chi connectivity index (χ2v) is 15.4. The van der Waals surface area contributed by atoms with Gasteiger partial charge in [-0.1, -0.05) is 26.0 Å². The number of fused-ring (bicyclic) bond motifs is 2. The molecule has 20 heteroatoms. The van der Waals surface area contributed by atoms with E-state index in [1.807, 2.05) is 32.9 Å². The van der Waals surface area contributed by atoms with E-state index in [-0.39, 0.29) is 16.7 Å². The number of nitrogens with zero attached hydrogens (tertiary/aromatic N) is 7. The lowest BCUT2D eigenvalue weighted by atomic mass is 10.00. The minimum absolute atomic E-state index is 0.142. The van der Waals surface area contributed by atoms with Crippen LogP contribution in [0.4, 0.5) is 37.7 Å². The highest BCUT2D eigenvalue weighted by Gasteiger charge is 2.34. The molecule has 0 saturated heterocycles. The van der Waals surface area contributed by atoms with Crippen LogP contribution in [0.25, 0.3) is 44.3 Å². The van der Waals surface area contributed by atoms with Gasteiger partial charge in [-0.05, 0) is 113 Å². The van der Waals surface area contributed by atoms with Crippen molar-refractivity contribution in [3.05, 3.63) is 158 Å². The summed E-state index contributed by atoms with van der Waals surface area (Å²) < 4.78 is 78.0. The monoisotopic (exact) mass is 968 g/mol. The highest BCUT2D eigenvalue weighted by atomic mass is 79.9. The van der Waals surface area contributed by atoms with Crippen LogP contribution in [0, 0.1) is 13.8 Å². The number of aromatic nitrogens is 8.